The smallest absolute Gasteiger partial charge is 0.325 e. The first kappa shape index (κ1) is 21.3. The van der Waals surface area contributed by atoms with Crippen molar-refractivity contribution in [3.8, 4) is 5.75 Å². The number of aryl methyl sites for hydroxylation is 2. The van der Waals surface area contributed by atoms with Crippen molar-refractivity contribution in [1.82, 2.24) is 4.98 Å². The SMILES string of the molecule is CCc1ccc(NC(=O)CCc2csc(NC(=O)Nc3ccc(OC)cc3)n2)cc1. The van der Waals surface area contributed by atoms with Crippen LogP contribution in [0.25, 0.3) is 0 Å². The average molecular weight is 425 g/mol. The van der Waals surface area contributed by atoms with Crippen LogP contribution in [0.3, 0.4) is 0 Å². The summed E-state index contributed by atoms with van der Waals surface area (Å²) in [6, 6.07) is 14.5. The van der Waals surface area contributed by atoms with Crippen LogP contribution >= 0.6 is 11.3 Å². The lowest BCUT2D eigenvalue weighted by Gasteiger charge is -2.06. The van der Waals surface area contributed by atoms with Crippen LogP contribution in [-0.4, -0.2) is 24.0 Å². The van der Waals surface area contributed by atoms with Crippen LogP contribution in [0.1, 0.15) is 24.6 Å². The maximum atomic E-state index is 12.1. The molecule has 0 spiro atoms. The van der Waals surface area contributed by atoms with Crippen LogP contribution in [0.4, 0.5) is 21.3 Å². The number of hydrogen-bond acceptors (Lipinski definition) is 5. The number of rotatable bonds is 8. The Balaban J connectivity index is 1.44. The highest BCUT2D eigenvalue weighted by atomic mass is 32.1. The minimum Gasteiger partial charge on any atom is -0.497 e. The quantitative estimate of drug-likeness (QED) is 0.478. The topological polar surface area (TPSA) is 92.4 Å². The number of nitrogens with zero attached hydrogens (tertiary/aromatic N) is 1. The number of benzene rings is 2. The van der Waals surface area contributed by atoms with Gasteiger partial charge in [0.1, 0.15) is 5.75 Å². The Bertz CT molecular complexity index is 984. The molecule has 3 rings (SSSR count). The molecule has 0 aliphatic carbocycles. The molecule has 0 saturated carbocycles. The Hall–Kier alpha value is -3.39. The third-order valence-electron chi connectivity index (χ3n) is 4.37. The number of methoxy groups -OCH3 is 1. The number of hydrogen-bond donors (Lipinski definition) is 3. The van der Waals surface area contributed by atoms with E-state index in [4.69, 9.17) is 4.74 Å². The van der Waals surface area contributed by atoms with Gasteiger partial charge in [0.05, 0.1) is 12.8 Å². The van der Waals surface area contributed by atoms with Gasteiger partial charge >= 0.3 is 6.03 Å². The van der Waals surface area contributed by atoms with Gasteiger partial charge in [0, 0.05) is 23.2 Å². The first-order chi connectivity index (χ1) is 14.6. The number of ether oxygens (including phenoxy) is 1. The maximum absolute atomic E-state index is 12.1. The zero-order chi connectivity index (χ0) is 21.3. The van der Waals surface area contributed by atoms with Gasteiger partial charge in [-0.1, -0.05) is 19.1 Å². The number of nitrogens with one attached hydrogen (secondary N) is 3. The van der Waals surface area contributed by atoms with Gasteiger partial charge in [0.2, 0.25) is 5.91 Å². The van der Waals surface area contributed by atoms with Gasteiger partial charge in [-0.15, -0.1) is 11.3 Å². The fraction of sp³-hybridized carbons (Fsp3) is 0.227. The molecule has 3 amide bonds. The van der Waals surface area contributed by atoms with Crippen molar-refractivity contribution in [2.75, 3.05) is 23.1 Å². The molecule has 0 saturated heterocycles. The van der Waals surface area contributed by atoms with Crippen molar-refractivity contribution in [3.63, 3.8) is 0 Å². The molecule has 0 fully saturated rings. The molecule has 0 aliphatic heterocycles. The molecule has 0 unspecified atom stereocenters. The second kappa shape index (κ2) is 10.4. The lowest BCUT2D eigenvalue weighted by atomic mass is 10.1. The zero-order valence-electron chi connectivity index (χ0n) is 16.9. The second-order valence-electron chi connectivity index (χ2n) is 6.55. The highest BCUT2D eigenvalue weighted by Crippen LogP contribution is 2.19. The Morgan fingerprint density at radius 1 is 0.967 bits per heavy atom. The van der Waals surface area contributed by atoms with E-state index in [1.54, 1.807) is 31.4 Å². The number of carbonyl (C=O) groups excluding carboxylic acids is 2. The lowest BCUT2D eigenvalue weighted by molar-refractivity contribution is -0.116. The van der Waals surface area contributed by atoms with Gasteiger partial charge in [0.25, 0.3) is 0 Å². The normalized spacial score (nSPS) is 10.3. The molecule has 8 heteroatoms. The first-order valence-electron chi connectivity index (χ1n) is 9.61. The monoisotopic (exact) mass is 424 g/mol. The van der Waals surface area contributed by atoms with Crippen molar-refractivity contribution in [2.24, 2.45) is 0 Å². The van der Waals surface area contributed by atoms with Crippen LogP contribution < -0.4 is 20.7 Å². The van der Waals surface area contributed by atoms with E-state index in [1.165, 1.54) is 16.9 Å². The van der Waals surface area contributed by atoms with Gasteiger partial charge in [-0.05, 0) is 54.8 Å². The molecular weight excluding hydrogens is 400 g/mol. The number of aromatic nitrogens is 1. The summed E-state index contributed by atoms with van der Waals surface area (Å²) >= 11 is 1.32. The largest absolute Gasteiger partial charge is 0.497 e. The van der Waals surface area contributed by atoms with E-state index in [2.05, 4.69) is 27.9 Å². The molecule has 3 N–H and O–H groups in total. The maximum Gasteiger partial charge on any atom is 0.325 e. The highest BCUT2D eigenvalue weighted by molar-refractivity contribution is 7.13. The lowest BCUT2D eigenvalue weighted by Crippen LogP contribution is -2.19. The summed E-state index contributed by atoms with van der Waals surface area (Å²) in [7, 11) is 1.59. The predicted molar refractivity (Wildman–Crippen MR) is 121 cm³/mol. The summed E-state index contributed by atoms with van der Waals surface area (Å²) in [5.74, 6) is 0.645. The van der Waals surface area contributed by atoms with Crippen LogP contribution in [0, 0.1) is 0 Å². The van der Waals surface area contributed by atoms with Crippen LogP contribution in [0.5, 0.6) is 5.75 Å². The molecule has 7 nitrogen and oxygen atoms in total. The molecule has 1 heterocycles. The Kier molecular flexibility index (Phi) is 7.40. The summed E-state index contributed by atoms with van der Waals surface area (Å²) in [5.41, 5.74) is 3.42. The Labute approximate surface area is 179 Å². The molecule has 3 aromatic rings. The first-order valence-corrected chi connectivity index (χ1v) is 10.5. The van der Waals surface area contributed by atoms with E-state index in [-0.39, 0.29) is 11.9 Å². The fourth-order valence-electron chi connectivity index (χ4n) is 2.70. The molecule has 0 radical (unpaired) electrons. The molecule has 0 aliphatic rings. The summed E-state index contributed by atoms with van der Waals surface area (Å²) in [4.78, 5) is 28.6. The molecule has 0 atom stereocenters. The van der Waals surface area contributed by atoms with Crippen molar-refractivity contribution < 1.29 is 14.3 Å². The fourth-order valence-corrected chi connectivity index (χ4v) is 3.44. The van der Waals surface area contributed by atoms with Crippen molar-refractivity contribution in [2.45, 2.75) is 26.2 Å². The Morgan fingerprint density at radius 3 is 2.30 bits per heavy atom. The molecular formula is C22H24N4O3S. The van der Waals surface area contributed by atoms with E-state index in [0.29, 0.717) is 29.4 Å². The predicted octanol–water partition coefficient (Wildman–Crippen LogP) is 4.93. The van der Waals surface area contributed by atoms with Gasteiger partial charge in [-0.25, -0.2) is 9.78 Å². The van der Waals surface area contributed by atoms with Crippen LogP contribution in [-0.2, 0) is 17.6 Å². The van der Waals surface area contributed by atoms with Crippen LogP contribution in [0.2, 0.25) is 0 Å². The van der Waals surface area contributed by atoms with Gasteiger partial charge in [0.15, 0.2) is 5.13 Å². The van der Waals surface area contributed by atoms with Crippen molar-refractivity contribution in [3.05, 3.63) is 65.2 Å². The summed E-state index contributed by atoms with van der Waals surface area (Å²) in [6.07, 6.45) is 1.78. The summed E-state index contributed by atoms with van der Waals surface area (Å²) < 4.78 is 5.09. The van der Waals surface area contributed by atoms with Gasteiger partial charge < -0.3 is 15.4 Å². The Morgan fingerprint density at radius 2 is 1.63 bits per heavy atom. The van der Waals surface area contributed by atoms with E-state index in [0.717, 1.165) is 17.8 Å². The molecule has 30 heavy (non-hydrogen) atoms. The average Bonchev–Trinajstić information content (AvgIpc) is 3.20. The molecule has 0 bridgehead atoms. The van der Waals surface area contributed by atoms with Crippen molar-refractivity contribution in [1.29, 1.82) is 0 Å². The van der Waals surface area contributed by atoms with E-state index >= 15 is 0 Å². The number of anilines is 3. The van der Waals surface area contributed by atoms with Crippen LogP contribution in [0.15, 0.2) is 53.9 Å². The number of urea groups is 1. The minimum atomic E-state index is -0.380. The molecule has 1 aromatic heterocycles. The van der Waals surface area contributed by atoms with E-state index in [9.17, 15) is 9.59 Å². The number of amides is 3. The third kappa shape index (κ3) is 6.31. The second-order valence-corrected chi connectivity index (χ2v) is 7.41. The third-order valence-corrected chi connectivity index (χ3v) is 5.18. The van der Waals surface area contributed by atoms with Gasteiger partial charge in [-0.3, -0.25) is 10.1 Å². The standard InChI is InChI=1S/C22H24N4O3S/c1-3-15-4-6-16(7-5-15)23-20(27)13-10-18-14-30-22(25-18)26-21(28)24-17-8-11-19(29-2)12-9-17/h4-9,11-12,14H,3,10,13H2,1-2H3,(H,23,27)(H2,24,25,26,28). The number of thiazole rings is 1. The summed E-state index contributed by atoms with van der Waals surface area (Å²) in [6.45, 7) is 2.09. The molecule has 2 aromatic carbocycles. The number of carbonyl (C=O) groups is 2. The zero-order valence-corrected chi connectivity index (χ0v) is 17.7. The summed E-state index contributed by atoms with van der Waals surface area (Å²) in [5, 5.41) is 10.6. The molecule has 156 valence electrons. The van der Waals surface area contributed by atoms with E-state index < -0.39 is 0 Å². The van der Waals surface area contributed by atoms with E-state index in [1.807, 2.05) is 29.6 Å². The van der Waals surface area contributed by atoms with Crippen molar-refractivity contribution >= 4 is 39.8 Å². The van der Waals surface area contributed by atoms with Gasteiger partial charge in [-0.2, -0.15) is 0 Å². The minimum absolute atomic E-state index is 0.0704. The highest BCUT2D eigenvalue weighted by Gasteiger charge is 2.09.